The molecular formula is C23H31N2O5P. The van der Waals surface area contributed by atoms with E-state index >= 15 is 0 Å². The van der Waals surface area contributed by atoms with E-state index in [2.05, 4.69) is 6.92 Å². The van der Waals surface area contributed by atoms with Crippen LogP contribution in [0.2, 0.25) is 0 Å². The molecule has 0 radical (unpaired) electrons. The third-order valence-electron chi connectivity index (χ3n) is 5.64. The monoisotopic (exact) mass is 446 g/mol. The molecule has 2 aromatic rings. The van der Waals surface area contributed by atoms with Crippen molar-refractivity contribution in [2.24, 2.45) is 0 Å². The summed E-state index contributed by atoms with van der Waals surface area (Å²) in [6, 6.07) is 13.9. The first-order chi connectivity index (χ1) is 15.0. The fourth-order valence-electron chi connectivity index (χ4n) is 3.87. The number of hydroxylamine groups is 1. The Balaban J connectivity index is 1.98. The minimum absolute atomic E-state index is 0.284. The minimum Gasteiger partial charge on any atom is -0.497 e. The number of ether oxygens (including phenoxy) is 1. The first kappa shape index (κ1) is 23.5. The lowest BCUT2D eigenvalue weighted by Crippen LogP contribution is -2.49. The number of methoxy groups -OCH3 is 1. The summed E-state index contributed by atoms with van der Waals surface area (Å²) in [6.45, 7) is 2.74. The zero-order chi connectivity index (χ0) is 22.3. The maximum Gasteiger partial charge on any atom is 0.303 e. The van der Waals surface area contributed by atoms with Gasteiger partial charge in [-0.25, -0.2) is 10.2 Å². The van der Waals surface area contributed by atoms with Crippen LogP contribution in [0.15, 0.2) is 48.5 Å². The molecule has 2 N–H and O–H groups in total. The molecule has 0 fully saturated rings. The van der Waals surface area contributed by atoms with Gasteiger partial charge in [0.2, 0.25) is 0 Å². The molecule has 0 bridgehead atoms. The topological polar surface area (TPSA) is 88.1 Å². The van der Waals surface area contributed by atoms with Crippen LogP contribution in [0.5, 0.6) is 5.75 Å². The quantitative estimate of drug-likeness (QED) is 0.248. The van der Waals surface area contributed by atoms with E-state index in [0.29, 0.717) is 24.1 Å². The lowest BCUT2D eigenvalue weighted by molar-refractivity contribution is -0.133. The maximum absolute atomic E-state index is 14.4. The smallest absolute Gasteiger partial charge is 0.303 e. The number of nitrogens with zero attached hydrogens (tertiary/aromatic N) is 1. The van der Waals surface area contributed by atoms with Gasteiger partial charge in [0.15, 0.2) is 0 Å². The van der Waals surface area contributed by atoms with Crippen molar-refractivity contribution in [1.29, 1.82) is 0 Å². The van der Waals surface area contributed by atoms with Crippen LogP contribution >= 0.6 is 7.52 Å². The van der Waals surface area contributed by atoms with E-state index in [4.69, 9.17) is 9.26 Å². The number of fused-ring (bicyclic) bond motifs is 1. The van der Waals surface area contributed by atoms with Crippen molar-refractivity contribution in [1.82, 2.24) is 10.2 Å². The molecule has 2 unspecified atom stereocenters. The van der Waals surface area contributed by atoms with Crippen molar-refractivity contribution in [2.45, 2.75) is 51.6 Å². The normalized spacial score (nSPS) is 18.1. The van der Waals surface area contributed by atoms with Crippen LogP contribution in [-0.2, 0) is 26.8 Å². The lowest BCUT2D eigenvalue weighted by Gasteiger charge is -2.39. The number of carbonyl (C=O) groups excluding carboxylic acids is 1. The highest BCUT2D eigenvalue weighted by atomic mass is 31.2. The molecule has 31 heavy (non-hydrogen) atoms. The Morgan fingerprint density at radius 3 is 2.48 bits per heavy atom. The number of hydrogen-bond donors (Lipinski definition) is 2. The Hall–Kier alpha value is -2.18. The Morgan fingerprint density at radius 2 is 1.84 bits per heavy atom. The molecule has 0 spiro atoms. The molecule has 0 aliphatic carbocycles. The summed E-state index contributed by atoms with van der Waals surface area (Å²) in [6.07, 6.45) is 4.29. The molecule has 1 heterocycles. The molecule has 0 aromatic heterocycles. The Morgan fingerprint density at radius 1 is 1.13 bits per heavy atom. The van der Waals surface area contributed by atoms with Gasteiger partial charge in [-0.3, -0.25) is 14.6 Å². The van der Waals surface area contributed by atoms with Gasteiger partial charge in [-0.05, 0) is 48.2 Å². The third-order valence-corrected chi connectivity index (χ3v) is 8.22. The second-order valence-corrected chi connectivity index (χ2v) is 10.0. The molecule has 168 valence electrons. The number of amides is 1. The van der Waals surface area contributed by atoms with E-state index in [9.17, 15) is 14.6 Å². The van der Waals surface area contributed by atoms with Crippen molar-refractivity contribution < 1.29 is 23.8 Å². The largest absolute Gasteiger partial charge is 0.497 e. The van der Waals surface area contributed by atoms with Crippen LogP contribution in [0.3, 0.4) is 0 Å². The summed E-state index contributed by atoms with van der Waals surface area (Å²) in [7, 11) is -2.03. The van der Waals surface area contributed by atoms with E-state index in [1.807, 2.05) is 24.3 Å². The molecular weight excluding hydrogens is 415 g/mol. The molecule has 3 rings (SSSR count). The summed E-state index contributed by atoms with van der Waals surface area (Å²) in [4.78, 5) is 12.6. The highest BCUT2D eigenvalue weighted by Gasteiger charge is 2.44. The van der Waals surface area contributed by atoms with Crippen molar-refractivity contribution in [3.63, 3.8) is 0 Å². The number of nitrogens with one attached hydrogen (secondary N) is 1. The summed E-state index contributed by atoms with van der Waals surface area (Å²) in [5.74, 6) is 0.0460. The van der Waals surface area contributed by atoms with Gasteiger partial charge in [0.25, 0.3) is 5.91 Å². The molecule has 8 heteroatoms. The van der Waals surface area contributed by atoms with E-state index in [-0.39, 0.29) is 6.54 Å². The highest BCUT2D eigenvalue weighted by molar-refractivity contribution is 7.64. The number of hydrogen-bond acceptors (Lipinski definition) is 5. The summed E-state index contributed by atoms with van der Waals surface area (Å²) < 4.78 is 27.4. The van der Waals surface area contributed by atoms with Gasteiger partial charge < -0.3 is 9.26 Å². The maximum atomic E-state index is 14.4. The van der Waals surface area contributed by atoms with Crippen LogP contribution in [0, 0.1) is 0 Å². The van der Waals surface area contributed by atoms with Gasteiger partial charge in [0, 0.05) is 6.54 Å². The van der Waals surface area contributed by atoms with Crippen molar-refractivity contribution in [3.05, 3.63) is 59.7 Å². The average molecular weight is 446 g/mol. The first-order valence-corrected chi connectivity index (χ1v) is 12.3. The lowest BCUT2D eigenvalue weighted by atomic mass is 9.95. The summed E-state index contributed by atoms with van der Waals surface area (Å²) in [5, 5.41) is 9.86. The molecule has 1 aliphatic heterocycles. The predicted molar refractivity (Wildman–Crippen MR) is 120 cm³/mol. The van der Waals surface area contributed by atoms with Crippen molar-refractivity contribution in [3.8, 4) is 5.75 Å². The molecule has 1 amide bonds. The zero-order valence-electron chi connectivity index (χ0n) is 18.1. The van der Waals surface area contributed by atoms with Gasteiger partial charge in [0.05, 0.1) is 19.0 Å². The molecule has 2 aromatic carbocycles. The van der Waals surface area contributed by atoms with Gasteiger partial charge in [-0.2, -0.15) is 0 Å². The van der Waals surface area contributed by atoms with E-state index < -0.39 is 19.5 Å². The van der Waals surface area contributed by atoms with Crippen molar-refractivity contribution >= 4 is 18.7 Å². The second-order valence-electron chi connectivity index (χ2n) is 7.67. The predicted octanol–water partition coefficient (Wildman–Crippen LogP) is 4.04. The van der Waals surface area contributed by atoms with Crippen LogP contribution in [0.25, 0.3) is 0 Å². The average Bonchev–Trinajstić information content (AvgIpc) is 2.82. The number of carbonyl (C=O) groups is 1. The molecule has 0 saturated heterocycles. The van der Waals surface area contributed by atoms with E-state index in [1.54, 1.807) is 41.5 Å². The van der Waals surface area contributed by atoms with E-state index in [0.717, 1.165) is 36.8 Å². The van der Waals surface area contributed by atoms with Crippen LogP contribution in [0.4, 0.5) is 0 Å². The standard InChI is InChI=1S/C23H31N2O5P/c1-3-4-5-8-15-30-31(28,21-13-11-20(29-2)12-14-21)25-17-19-10-7-6-9-18(19)16-22(25)23(26)24-27/h6-7,9-14,22,27H,3-5,8,15-17H2,1-2H3,(H,24,26). The molecule has 2 atom stereocenters. The third kappa shape index (κ3) is 5.36. The minimum atomic E-state index is -3.60. The van der Waals surface area contributed by atoms with Gasteiger partial charge in [0.1, 0.15) is 11.8 Å². The SMILES string of the molecule is CCCCCCOP(=O)(c1ccc(OC)cc1)N1Cc2ccccc2CC1C(=O)NO. The second kappa shape index (κ2) is 10.9. The van der Waals surface area contributed by atoms with Crippen LogP contribution in [-0.4, -0.2) is 35.5 Å². The number of rotatable bonds is 10. The Kier molecular flexibility index (Phi) is 8.27. The number of benzene rings is 2. The van der Waals surface area contributed by atoms with E-state index in [1.165, 1.54) is 0 Å². The first-order valence-electron chi connectivity index (χ1n) is 10.7. The molecule has 1 aliphatic rings. The zero-order valence-corrected chi connectivity index (χ0v) is 19.0. The Labute approximate surface area is 183 Å². The molecule has 7 nitrogen and oxygen atoms in total. The fourth-order valence-corrected chi connectivity index (χ4v) is 6.26. The highest BCUT2D eigenvalue weighted by Crippen LogP contribution is 2.54. The van der Waals surface area contributed by atoms with Gasteiger partial charge in [-0.1, -0.05) is 50.5 Å². The fraction of sp³-hybridized carbons (Fsp3) is 0.435. The van der Waals surface area contributed by atoms with Gasteiger partial charge in [-0.15, -0.1) is 0 Å². The van der Waals surface area contributed by atoms with Gasteiger partial charge >= 0.3 is 7.52 Å². The summed E-state index contributed by atoms with van der Waals surface area (Å²) in [5.41, 5.74) is 3.73. The number of unbranched alkanes of at least 4 members (excludes halogenated alkanes) is 3. The van der Waals surface area contributed by atoms with Crippen molar-refractivity contribution in [2.75, 3.05) is 13.7 Å². The summed E-state index contributed by atoms with van der Waals surface area (Å²) >= 11 is 0. The van der Waals surface area contributed by atoms with Crippen LogP contribution in [0.1, 0.15) is 43.7 Å². The Bertz CT molecular complexity index is 918. The molecule has 0 saturated carbocycles. The van der Waals surface area contributed by atoms with Crippen LogP contribution < -0.4 is 15.5 Å².